The van der Waals surface area contributed by atoms with Gasteiger partial charge in [0.15, 0.2) is 5.82 Å². The summed E-state index contributed by atoms with van der Waals surface area (Å²) < 4.78 is 11.4. The maximum absolute atomic E-state index is 5.98. The number of rotatable bonds is 6. The van der Waals surface area contributed by atoms with Gasteiger partial charge in [-0.2, -0.15) is 0 Å². The highest BCUT2D eigenvalue weighted by atomic mass is 16.5. The lowest BCUT2D eigenvalue weighted by Gasteiger charge is -2.31. The SMILES string of the molecule is CCOC(CC)(CC)c1nc2c(c(NN)n1)COCC2. The molecule has 1 aromatic rings. The first-order valence-electron chi connectivity index (χ1n) is 7.29. The molecule has 20 heavy (non-hydrogen) atoms. The molecule has 0 saturated heterocycles. The van der Waals surface area contributed by atoms with Crippen molar-refractivity contribution >= 4 is 5.82 Å². The summed E-state index contributed by atoms with van der Waals surface area (Å²) >= 11 is 0. The predicted molar refractivity (Wildman–Crippen MR) is 77.1 cm³/mol. The Hall–Kier alpha value is -1.24. The molecular weight excluding hydrogens is 256 g/mol. The van der Waals surface area contributed by atoms with Crippen molar-refractivity contribution in [1.82, 2.24) is 9.97 Å². The molecule has 0 amide bonds. The van der Waals surface area contributed by atoms with Gasteiger partial charge in [0.05, 0.1) is 18.9 Å². The van der Waals surface area contributed by atoms with Gasteiger partial charge in [0.1, 0.15) is 11.4 Å². The predicted octanol–water partition coefficient (Wildman–Crippen LogP) is 1.89. The Morgan fingerprint density at radius 1 is 1.30 bits per heavy atom. The van der Waals surface area contributed by atoms with Gasteiger partial charge in [-0.3, -0.25) is 0 Å². The van der Waals surface area contributed by atoms with Gasteiger partial charge in [-0.25, -0.2) is 15.8 Å². The van der Waals surface area contributed by atoms with Crippen molar-refractivity contribution in [3.05, 3.63) is 17.1 Å². The first-order chi connectivity index (χ1) is 9.70. The van der Waals surface area contributed by atoms with Crippen molar-refractivity contribution in [2.24, 2.45) is 5.84 Å². The fourth-order valence-electron chi connectivity index (χ4n) is 2.67. The molecule has 0 aromatic carbocycles. The highest BCUT2D eigenvalue weighted by molar-refractivity contribution is 5.46. The number of fused-ring (bicyclic) bond motifs is 1. The molecule has 112 valence electrons. The Balaban J connectivity index is 2.50. The fourth-order valence-corrected chi connectivity index (χ4v) is 2.67. The van der Waals surface area contributed by atoms with Crippen LogP contribution in [0.15, 0.2) is 0 Å². The topological polar surface area (TPSA) is 82.3 Å². The molecule has 1 aliphatic heterocycles. The largest absolute Gasteiger partial charge is 0.376 e. The van der Waals surface area contributed by atoms with Gasteiger partial charge in [0, 0.05) is 18.6 Å². The van der Waals surface area contributed by atoms with E-state index in [1.165, 1.54) is 0 Å². The normalized spacial score (nSPS) is 15.0. The molecule has 0 fully saturated rings. The maximum Gasteiger partial charge on any atom is 0.162 e. The van der Waals surface area contributed by atoms with Crippen molar-refractivity contribution in [2.75, 3.05) is 18.6 Å². The third-order valence-electron chi connectivity index (χ3n) is 3.93. The first-order valence-corrected chi connectivity index (χ1v) is 7.29. The van der Waals surface area contributed by atoms with Crippen LogP contribution in [0.4, 0.5) is 5.82 Å². The second-order valence-electron chi connectivity index (χ2n) is 4.90. The number of aromatic nitrogens is 2. The zero-order chi connectivity index (χ0) is 14.6. The molecule has 0 spiro atoms. The van der Waals surface area contributed by atoms with Crippen molar-refractivity contribution in [1.29, 1.82) is 0 Å². The zero-order valence-corrected chi connectivity index (χ0v) is 12.5. The minimum absolute atomic E-state index is 0.437. The Morgan fingerprint density at radius 2 is 2.05 bits per heavy atom. The third-order valence-corrected chi connectivity index (χ3v) is 3.93. The van der Waals surface area contributed by atoms with Crippen LogP contribution in [0.3, 0.4) is 0 Å². The Morgan fingerprint density at radius 3 is 2.65 bits per heavy atom. The Labute approximate surface area is 120 Å². The highest BCUT2D eigenvalue weighted by Gasteiger charge is 2.34. The first kappa shape index (κ1) is 15.2. The number of hydrogen-bond acceptors (Lipinski definition) is 6. The molecule has 3 N–H and O–H groups in total. The molecule has 0 aliphatic carbocycles. The van der Waals surface area contributed by atoms with Gasteiger partial charge >= 0.3 is 0 Å². The third kappa shape index (κ3) is 2.63. The van der Waals surface area contributed by atoms with E-state index in [1.54, 1.807) is 0 Å². The van der Waals surface area contributed by atoms with Gasteiger partial charge in [0.2, 0.25) is 0 Å². The minimum atomic E-state index is -0.437. The number of nitrogens with zero attached hydrogens (tertiary/aromatic N) is 2. The average Bonchev–Trinajstić information content (AvgIpc) is 2.51. The van der Waals surface area contributed by atoms with Crippen molar-refractivity contribution in [3.63, 3.8) is 0 Å². The summed E-state index contributed by atoms with van der Waals surface area (Å²) in [6, 6.07) is 0. The number of nitrogen functional groups attached to an aromatic ring is 1. The van der Waals surface area contributed by atoms with Crippen LogP contribution in [-0.4, -0.2) is 23.2 Å². The van der Waals surface area contributed by atoms with Crippen LogP contribution >= 0.6 is 0 Å². The van der Waals surface area contributed by atoms with Crippen LogP contribution in [0.25, 0.3) is 0 Å². The number of anilines is 1. The van der Waals surface area contributed by atoms with Crippen molar-refractivity contribution < 1.29 is 9.47 Å². The summed E-state index contributed by atoms with van der Waals surface area (Å²) in [5.74, 6) is 6.98. The highest BCUT2D eigenvalue weighted by Crippen LogP contribution is 2.33. The molecule has 6 heteroatoms. The number of nitrogens with one attached hydrogen (secondary N) is 1. The maximum atomic E-state index is 5.98. The van der Waals surface area contributed by atoms with Crippen molar-refractivity contribution in [3.8, 4) is 0 Å². The van der Waals surface area contributed by atoms with Crippen LogP contribution in [0.2, 0.25) is 0 Å². The smallest absolute Gasteiger partial charge is 0.162 e. The van der Waals surface area contributed by atoms with Crippen LogP contribution in [0.1, 0.15) is 50.7 Å². The van der Waals surface area contributed by atoms with Gasteiger partial charge in [-0.05, 0) is 19.8 Å². The minimum Gasteiger partial charge on any atom is -0.376 e. The Kier molecular flexibility index (Phi) is 4.91. The molecule has 0 unspecified atom stereocenters. The van der Waals surface area contributed by atoms with Gasteiger partial charge < -0.3 is 14.9 Å². The van der Waals surface area contributed by atoms with Gasteiger partial charge in [-0.15, -0.1) is 0 Å². The lowest BCUT2D eigenvalue weighted by Crippen LogP contribution is -2.33. The van der Waals surface area contributed by atoms with Crippen LogP contribution in [0.5, 0.6) is 0 Å². The zero-order valence-electron chi connectivity index (χ0n) is 12.5. The van der Waals surface area contributed by atoms with E-state index in [0.717, 1.165) is 36.3 Å². The molecule has 2 heterocycles. The molecule has 0 radical (unpaired) electrons. The fraction of sp³-hybridized carbons (Fsp3) is 0.714. The van der Waals surface area contributed by atoms with Crippen LogP contribution in [-0.2, 0) is 28.1 Å². The van der Waals surface area contributed by atoms with E-state index < -0.39 is 5.60 Å². The van der Waals surface area contributed by atoms with E-state index in [0.29, 0.717) is 25.6 Å². The summed E-state index contributed by atoms with van der Waals surface area (Å²) in [5, 5.41) is 0. The molecular formula is C14H24N4O2. The lowest BCUT2D eigenvalue weighted by molar-refractivity contribution is -0.0574. The summed E-state index contributed by atoms with van der Waals surface area (Å²) in [5.41, 5.74) is 4.21. The van der Waals surface area contributed by atoms with Gasteiger partial charge in [0.25, 0.3) is 0 Å². The van der Waals surface area contributed by atoms with E-state index >= 15 is 0 Å². The van der Waals surface area contributed by atoms with E-state index in [2.05, 4.69) is 24.3 Å². The second kappa shape index (κ2) is 6.47. The molecule has 1 aliphatic rings. The quantitative estimate of drug-likeness (QED) is 0.611. The van der Waals surface area contributed by atoms with E-state index in [9.17, 15) is 0 Å². The van der Waals surface area contributed by atoms with E-state index in [-0.39, 0.29) is 0 Å². The molecule has 6 nitrogen and oxygen atoms in total. The molecule has 2 rings (SSSR count). The summed E-state index contributed by atoms with van der Waals surface area (Å²) in [6.45, 7) is 8.02. The van der Waals surface area contributed by atoms with E-state index in [1.807, 2.05) is 6.92 Å². The number of hydrogen-bond donors (Lipinski definition) is 2. The standard InChI is InChI=1S/C14H24N4O2/c1-4-14(5-2,20-6-3)13-16-11-7-8-19-9-10(11)12(17-13)18-15/h4-9,15H2,1-3H3,(H,16,17,18). The molecule has 0 bridgehead atoms. The van der Waals surface area contributed by atoms with Crippen molar-refractivity contribution in [2.45, 2.75) is 52.2 Å². The lowest BCUT2D eigenvalue weighted by atomic mass is 9.95. The summed E-state index contributed by atoms with van der Waals surface area (Å²) in [6.07, 6.45) is 2.45. The number of nitrogens with two attached hydrogens (primary N) is 1. The van der Waals surface area contributed by atoms with Crippen LogP contribution in [0, 0.1) is 0 Å². The number of hydrazine groups is 1. The molecule has 0 atom stereocenters. The number of ether oxygens (including phenoxy) is 2. The molecule has 0 saturated carbocycles. The van der Waals surface area contributed by atoms with Crippen LogP contribution < -0.4 is 11.3 Å². The van der Waals surface area contributed by atoms with E-state index in [4.69, 9.17) is 20.3 Å². The average molecular weight is 280 g/mol. The summed E-state index contributed by atoms with van der Waals surface area (Å²) in [7, 11) is 0. The van der Waals surface area contributed by atoms with Gasteiger partial charge in [-0.1, -0.05) is 13.8 Å². The second-order valence-corrected chi connectivity index (χ2v) is 4.90. The summed E-state index contributed by atoms with van der Waals surface area (Å²) in [4.78, 5) is 9.33. The molecule has 1 aromatic heterocycles. The monoisotopic (exact) mass is 280 g/mol. The Bertz CT molecular complexity index is 443.